The molecule has 5 heteroatoms. The van der Waals surface area contributed by atoms with Crippen LogP contribution in [0.2, 0.25) is 0 Å². The average molecular weight is 270 g/mol. The largest absolute Gasteiger partial charge is 0.350 e. The lowest BCUT2D eigenvalue weighted by molar-refractivity contribution is 0.626. The van der Waals surface area contributed by atoms with Gasteiger partial charge in [0.25, 0.3) is 0 Å². The van der Waals surface area contributed by atoms with E-state index < -0.39 is 0 Å². The van der Waals surface area contributed by atoms with Crippen molar-refractivity contribution in [2.24, 2.45) is 0 Å². The topological polar surface area (TPSA) is 42.2 Å². The van der Waals surface area contributed by atoms with Crippen molar-refractivity contribution in [1.29, 1.82) is 0 Å². The van der Waals surface area contributed by atoms with Crippen LogP contribution in [0.1, 0.15) is 12.5 Å². The molecule has 0 aliphatic heterocycles. The number of aromatic nitrogens is 3. The monoisotopic (exact) mass is 270 g/mol. The molecule has 0 fully saturated rings. The summed E-state index contributed by atoms with van der Waals surface area (Å²) < 4.78 is 14.6. The highest BCUT2D eigenvalue weighted by atomic mass is 19.1. The van der Waals surface area contributed by atoms with E-state index in [9.17, 15) is 4.39 Å². The minimum Gasteiger partial charge on any atom is -0.350 e. The molecule has 0 amide bonds. The molecule has 1 unspecified atom stereocenters. The minimum atomic E-state index is -0.212. The molecule has 1 atom stereocenters. The maximum absolute atomic E-state index is 12.9. The molecule has 2 aromatic heterocycles. The summed E-state index contributed by atoms with van der Waals surface area (Å²) in [6.45, 7) is 2.05. The Morgan fingerprint density at radius 2 is 2.00 bits per heavy atom. The van der Waals surface area contributed by atoms with Crippen LogP contribution in [0.4, 0.5) is 10.3 Å². The van der Waals surface area contributed by atoms with E-state index in [4.69, 9.17) is 0 Å². The molecule has 0 spiro atoms. The normalized spacial score (nSPS) is 12.5. The van der Waals surface area contributed by atoms with Gasteiger partial charge in [-0.1, -0.05) is 18.2 Å². The number of anilines is 1. The number of hydrogen-bond donors (Lipinski definition) is 1. The van der Waals surface area contributed by atoms with Crippen LogP contribution >= 0.6 is 0 Å². The molecule has 3 aromatic rings. The van der Waals surface area contributed by atoms with Gasteiger partial charge in [-0.3, -0.25) is 0 Å². The first-order chi connectivity index (χ1) is 9.70. The smallest absolute Gasteiger partial charge is 0.243 e. The number of fused-ring (bicyclic) bond motifs is 1. The zero-order valence-electron chi connectivity index (χ0n) is 11.1. The van der Waals surface area contributed by atoms with E-state index in [1.807, 2.05) is 24.4 Å². The van der Waals surface area contributed by atoms with Gasteiger partial charge >= 0.3 is 0 Å². The quantitative estimate of drug-likeness (QED) is 0.792. The second-order valence-corrected chi connectivity index (χ2v) is 4.81. The van der Waals surface area contributed by atoms with E-state index in [0.29, 0.717) is 5.95 Å². The summed E-state index contributed by atoms with van der Waals surface area (Å²) in [4.78, 5) is 4.39. The van der Waals surface area contributed by atoms with Crippen molar-refractivity contribution in [3.05, 3.63) is 60.0 Å². The zero-order chi connectivity index (χ0) is 13.9. The second-order valence-electron chi connectivity index (χ2n) is 4.81. The van der Waals surface area contributed by atoms with Crippen LogP contribution in [0.25, 0.3) is 5.65 Å². The van der Waals surface area contributed by atoms with E-state index in [2.05, 4.69) is 22.3 Å². The standard InChI is InChI=1S/C15H15FN4/c1-11(10-12-5-7-13(16)8-6-12)17-15-18-14-4-2-3-9-20(14)19-15/h2-9,11H,10H2,1H3,(H,17,19). The van der Waals surface area contributed by atoms with Crippen LogP contribution in [-0.2, 0) is 6.42 Å². The molecule has 102 valence electrons. The van der Waals surface area contributed by atoms with Crippen LogP contribution in [0.15, 0.2) is 48.7 Å². The van der Waals surface area contributed by atoms with Gasteiger partial charge in [-0.05, 0) is 43.2 Å². The number of pyridine rings is 1. The molecular formula is C15H15FN4. The van der Waals surface area contributed by atoms with Gasteiger partial charge in [0, 0.05) is 12.2 Å². The number of nitrogens with zero attached hydrogens (tertiary/aromatic N) is 3. The Kier molecular flexibility index (Phi) is 3.33. The molecule has 1 N–H and O–H groups in total. The fourth-order valence-corrected chi connectivity index (χ4v) is 2.14. The maximum Gasteiger partial charge on any atom is 0.243 e. The van der Waals surface area contributed by atoms with Crippen molar-refractivity contribution in [3.8, 4) is 0 Å². The number of hydrogen-bond acceptors (Lipinski definition) is 3. The summed E-state index contributed by atoms with van der Waals surface area (Å²) in [5.41, 5.74) is 1.89. The van der Waals surface area contributed by atoms with Crippen LogP contribution in [0.3, 0.4) is 0 Å². The SMILES string of the molecule is CC(Cc1ccc(F)cc1)Nc1nc2ccccn2n1. The number of halogens is 1. The fourth-order valence-electron chi connectivity index (χ4n) is 2.14. The fraction of sp³-hybridized carbons (Fsp3) is 0.200. The summed E-state index contributed by atoms with van der Waals surface area (Å²) >= 11 is 0. The highest BCUT2D eigenvalue weighted by Gasteiger charge is 2.08. The molecule has 0 saturated carbocycles. The highest BCUT2D eigenvalue weighted by molar-refractivity contribution is 5.43. The average Bonchev–Trinajstić information content (AvgIpc) is 2.83. The van der Waals surface area contributed by atoms with E-state index >= 15 is 0 Å². The molecule has 3 rings (SSSR count). The first kappa shape index (κ1) is 12.6. The predicted octanol–water partition coefficient (Wildman–Crippen LogP) is 2.91. The van der Waals surface area contributed by atoms with E-state index in [1.54, 1.807) is 16.6 Å². The van der Waals surface area contributed by atoms with Gasteiger partial charge in [-0.15, -0.1) is 5.10 Å². The molecule has 1 aromatic carbocycles. The summed E-state index contributed by atoms with van der Waals surface area (Å²) in [7, 11) is 0. The van der Waals surface area contributed by atoms with E-state index in [1.165, 1.54) is 12.1 Å². The predicted molar refractivity (Wildman–Crippen MR) is 76.2 cm³/mol. The van der Waals surface area contributed by atoms with Gasteiger partial charge in [-0.2, -0.15) is 4.98 Å². The van der Waals surface area contributed by atoms with E-state index in [0.717, 1.165) is 17.6 Å². The summed E-state index contributed by atoms with van der Waals surface area (Å²) in [6.07, 6.45) is 2.65. The molecule has 2 heterocycles. The summed E-state index contributed by atoms with van der Waals surface area (Å²) in [6, 6.07) is 12.5. The van der Waals surface area contributed by atoms with Gasteiger partial charge in [0.1, 0.15) is 5.82 Å². The van der Waals surface area contributed by atoms with Crippen molar-refractivity contribution in [2.45, 2.75) is 19.4 Å². The molecule has 0 radical (unpaired) electrons. The molecule has 0 saturated heterocycles. The molecule has 4 nitrogen and oxygen atoms in total. The van der Waals surface area contributed by atoms with Gasteiger partial charge < -0.3 is 5.32 Å². The molecule has 0 aliphatic rings. The highest BCUT2D eigenvalue weighted by Crippen LogP contribution is 2.10. The van der Waals surface area contributed by atoms with Gasteiger partial charge in [0.15, 0.2) is 5.65 Å². The lowest BCUT2D eigenvalue weighted by atomic mass is 10.1. The van der Waals surface area contributed by atoms with Gasteiger partial charge in [0.05, 0.1) is 0 Å². The third-order valence-corrected chi connectivity index (χ3v) is 3.07. The minimum absolute atomic E-state index is 0.165. The van der Waals surface area contributed by atoms with Crippen LogP contribution in [0, 0.1) is 5.82 Å². The first-order valence-electron chi connectivity index (χ1n) is 6.53. The summed E-state index contributed by atoms with van der Waals surface area (Å²) in [5, 5.41) is 7.60. The molecular weight excluding hydrogens is 255 g/mol. The molecule has 20 heavy (non-hydrogen) atoms. The lowest BCUT2D eigenvalue weighted by Crippen LogP contribution is -2.19. The van der Waals surface area contributed by atoms with Crippen molar-refractivity contribution >= 4 is 11.6 Å². The van der Waals surface area contributed by atoms with Crippen LogP contribution in [0.5, 0.6) is 0 Å². The Morgan fingerprint density at radius 3 is 2.75 bits per heavy atom. The van der Waals surface area contributed by atoms with Crippen molar-refractivity contribution < 1.29 is 4.39 Å². The Hall–Kier alpha value is -2.43. The second kappa shape index (κ2) is 5.28. The van der Waals surface area contributed by atoms with E-state index in [-0.39, 0.29) is 11.9 Å². The van der Waals surface area contributed by atoms with Crippen molar-refractivity contribution in [2.75, 3.05) is 5.32 Å². The first-order valence-corrected chi connectivity index (χ1v) is 6.53. The Morgan fingerprint density at radius 1 is 1.20 bits per heavy atom. The number of rotatable bonds is 4. The number of benzene rings is 1. The molecule has 0 aliphatic carbocycles. The lowest BCUT2D eigenvalue weighted by Gasteiger charge is -2.12. The Bertz CT molecular complexity index is 672. The van der Waals surface area contributed by atoms with Gasteiger partial charge in [0.2, 0.25) is 5.95 Å². The van der Waals surface area contributed by atoms with Crippen LogP contribution < -0.4 is 5.32 Å². The zero-order valence-corrected chi connectivity index (χ0v) is 11.1. The molecule has 0 bridgehead atoms. The third-order valence-electron chi connectivity index (χ3n) is 3.07. The Labute approximate surface area is 116 Å². The maximum atomic E-state index is 12.9. The van der Waals surface area contributed by atoms with Gasteiger partial charge in [-0.25, -0.2) is 8.91 Å². The van der Waals surface area contributed by atoms with Crippen LogP contribution in [-0.4, -0.2) is 20.6 Å². The van der Waals surface area contributed by atoms with Crippen molar-refractivity contribution in [1.82, 2.24) is 14.6 Å². The number of nitrogens with one attached hydrogen (secondary N) is 1. The van der Waals surface area contributed by atoms with Crippen molar-refractivity contribution in [3.63, 3.8) is 0 Å². The third kappa shape index (κ3) is 2.77. The summed E-state index contributed by atoms with van der Waals surface area (Å²) in [5.74, 6) is 0.391. The Balaban J connectivity index is 1.69.